The fourth-order valence-corrected chi connectivity index (χ4v) is 2.49. The Balaban J connectivity index is 2.00. The van der Waals surface area contributed by atoms with E-state index >= 15 is 0 Å². The highest BCUT2D eigenvalue weighted by molar-refractivity contribution is 5.68. The minimum Gasteiger partial charge on any atom is -0.444 e. The van der Waals surface area contributed by atoms with E-state index in [1.807, 2.05) is 47.1 Å². The smallest absolute Gasteiger partial charge is 0.410 e. The van der Waals surface area contributed by atoms with Gasteiger partial charge in [0.1, 0.15) is 5.60 Å². The van der Waals surface area contributed by atoms with Crippen molar-refractivity contribution in [3.05, 3.63) is 18.0 Å². The lowest BCUT2D eigenvalue weighted by Gasteiger charge is -2.38. The molecule has 1 atom stereocenters. The molecule has 1 aliphatic rings. The van der Waals surface area contributed by atoms with E-state index in [-0.39, 0.29) is 12.1 Å². The Morgan fingerprint density at radius 1 is 1.36 bits per heavy atom. The molecule has 2 rings (SSSR count). The van der Waals surface area contributed by atoms with Crippen molar-refractivity contribution in [2.24, 2.45) is 0 Å². The first kappa shape index (κ1) is 16.5. The molecule has 0 aliphatic carbocycles. The molecule has 6 nitrogen and oxygen atoms in total. The highest BCUT2D eigenvalue weighted by atomic mass is 16.6. The van der Waals surface area contributed by atoms with Gasteiger partial charge >= 0.3 is 6.09 Å². The van der Waals surface area contributed by atoms with Crippen molar-refractivity contribution in [2.75, 3.05) is 25.0 Å². The van der Waals surface area contributed by atoms with Gasteiger partial charge in [-0.25, -0.2) is 14.8 Å². The summed E-state index contributed by atoms with van der Waals surface area (Å²) in [6.45, 7) is 9.01. The minimum atomic E-state index is -0.462. The number of rotatable bonds is 2. The Labute approximate surface area is 132 Å². The van der Waals surface area contributed by atoms with E-state index in [1.54, 1.807) is 4.90 Å². The molecule has 0 aromatic carbocycles. The number of carbonyl (C=O) groups is 1. The Morgan fingerprint density at radius 3 is 2.59 bits per heavy atom. The van der Waals surface area contributed by atoms with Gasteiger partial charge in [-0.3, -0.25) is 0 Å². The third-order valence-electron chi connectivity index (χ3n) is 3.68. The van der Waals surface area contributed by atoms with Crippen LogP contribution >= 0.6 is 0 Å². The van der Waals surface area contributed by atoms with Crippen LogP contribution in [0.4, 0.5) is 10.7 Å². The van der Waals surface area contributed by atoms with E-state index in [1.165, 1.54) is 0 Å². The number of likely N-dealkylation sites (N-methyl/N-ethyl adjacent to an activating group) is 1. The number of likely N-dealkylation sites (tertiary alicyclic amines) is 1. The molecule has 0 saturated carbocycles. The predicted molar refractivity (Wildman–Crippen MR) is 86.0 cm³/mol. The zero-order valence-corrected chi connectivity index (χ0v) is 14.2. The summed E-state index contributed by atoms with van der Waals surface area (Å²) in [7, 11) is 1.98. The molecule has 0 radical (unpaired) electrons. The summed E-state index contributed by atoms with van der Waals surface area (Å²) < 4.78 is 5.46. The Hall–Kier alpha value is -1.85. The van der Waals surface area contributed by atoms with Gasteiger partial charge in [0, 0.05) is 38.6 Å². The molecule has 1 aromatic rings. The van der Waals surface area contributed by atoms with Crippen LogP contribution in [0.2, 0.25) is 0 Å². The second-order valence-electron chi connectivity index (χ2n) is 6.89. The van der Waals surface area contributed by atoms with E-state index in [4.69, 9.17) is 4.74 Å². The molecule has 0 N–H and O–H groups in total. The van der Waals surface area contributed by atoms with Crippen LogP contribution in [0, 0.1) is 6.92 Å². The van der Waals surface area contributed by atoms with Crippen LogP contribution in [0.5, 0.6) is 0 Å². The molecule has 2 heterocycles. The number of piperidine rings is 1. The van der Waals surface area contributed by atoms with Crippen molar-refractivity contribution < 1.29 is 9.53 Å². The molecule has 1 unspecified atom stereocenters. The van der Waals surface area contributed by atoms with E-state index in [0.29, 0.717) is 12.5 Å². The number of amides is 1. The second-order valence-corrected chi connectivity index (χ2v) is 6.89. The topological polar surface area (TPSA) is 58.6 Å². The lowest BCUT2D eigenvalue weighted by Crippen LogP contribution is -2.50. The SMILES string of the molecule is Cc1cnc(N(C)C2CCCN(C(=O)OC(C)(C)C)C2)nc1. The number of ether oxygens (including phenoxy) is 1. The number of aromatic nitrogens is 2. The molecule has 122 valence electrons. The molecule has 6 heteroatoms. The summed E-state index contributed by atoms with van der Waals surface area (Å²) in [4.78, 5) is 24.8. The first-order valence-electron chi connectivity index (χ1n) is 7.75. The fourth-order valence-electron chi connectivity index (χ4n) is 2.49. The van der Waals surface area contributed by atoms with Crippen molar-refractivity contribution in [1.29, 1.82) is 0 Å². The fraction of sp³-hybridized carbons (Fsp3) is 0.688. The standard InChI is InChI=1S/C16H26N4O2/c1-12-9-17-14(18-10-12)19(5)13-7-6-8-20(11-13)15(21)22-16(2,3)4/h9-10,13H,6-8,11H2,1-5H3. The molecule has 1 fully saturated rings. The van der Waals surface area contributed by atoms with E-state index < -0.39 is 5.60 Å². The molecule has 22 heavy (non-hydrogen) atoms. The number of hydrogen-bond acceptors (Lipinski definition) is 5. The van der Waals surface area contributed by atoms with Crippen molar-refractivity contribution in [3.63, 3.8) is 0 Å². The van der Waals surface area contributed by atoms with Crippen LogP contribution in [0.3, 0.4) is 0 Å². The largest absolute Gasteiger partial charge is 0.444 e. The summed E-state index contributed by atoms with van der Waals surface area (Å²) in [6.07, 6.45) is 5.36. The van der Waals surface area contributed by atoms with Crippen molar-refractivity contribution in [2.45, 2.75) is 52.2 Å². The van der Waals surface area contributed by atoms with Crippen LogP contribution < -0.4 is 4.90 Å². The van der Waals surface area contributed by atoms with Gasteiger partial charge in [-0.2, -0.15) is 0 Å². The molecule has 0 bridgehead atoms. The molecule has 1 amide bonds. The normalized spacial score (nSPS) is 19.0. The number of anilines is 1. The van der Waals surface area contributed by atoms with E-state index in [9.17, 15) is 4.79 Å². The van der Waals surface area contributed by atoms with Gasteiger partial charge in [0.25, 0.3) is 0 Å². The Bertz CT molecular complexity index is 510. The van der Waals surface area contributed by atoms with Crippen LogP contribution in [0.25, 0.3) is 0 Å². The van der Waals surface area contributed by atoms with Gasteiger partial charge in [-0.15, -0.1) is 0 Å². The average Bonchev–Trinajstić information content (AvgIpc) is 2.46. The zero-order valence-electron chi connectivity index (χ0n) is 14.2. The maximum Gasteiger partial charge on any atom is 0.410 e. The van der Waals surface area contributed by atoms with Gasteiger partial charge < -0.3 is 14.5 Å². The highest BCUT2D eigenvalue weighted by Crippen LogP contribution is 2.20. The number of nitrogens with zero attached hydrogens (tertiary/aromatic N) is 4. The monoisotopic (exact) mass is 306 g/mol. The summed E-state index contributed by atoms with van der Waals surface area (Å²) in [6, 6.07) is 0.212. The number of hydrogen-bond donors (Lipinski definition) is 0. The minimum absolute atomic E-state index is 0.212. The summed E-state index contributed by atoms with van der Waals surface area (Å²) in [5.41, 5.74) is 0.576. The van der Waals surface area contributed by atoms with Crippen molar-refractivity contribution in [3.8, 4) is 0 Å². The third-order valence-corrected chi connectivity index (χ3v) is 3.68. The first-order valence-corrected chi connectivity index (χ1v) is 7.75. The maximum atomic E-state index is 12.2. The average molecular weight is 306 g/mol. The third kappa shape index (κ3) is 4.32. The number of carbonyl (C=O) groups excluding carboxylic acids is 1. The van der Waals surface area contributed by atoms with Gasteiger partial charge in [-0.05, 0) is 46.1 Å². The van der Waals surface area contributed by atoms with Crippen molar-refractivity contribution in [1.82, 2.24) is 14.9 Å². The van der Waals surface area contributed by atoms with Gasteiger partial charge in [0.15, 0.2) is 0 Å². The van der Waals surface area contributed by atoms with Gasteiger partial charge in [0.2, 0.25) is 5.95 Å². The van der Waals surface area contributed by atoms with Crippen molar-refractivity contribution >= 4 is 12.0 Å². The second kappa shape index (κ2) is 6.50. The summed E-state index contributed by atoms with van der Waals surface area (Å²) in [5, 5.41) is 0. The molecule has 1 aromatic heterocycles. The Kier molecular flexibility index (Phi) is 4.88. The number of aryl methyl sites for hydroxylation is 1. The molecule has 1 aliphatic heterocycles. The van der Waals surface area contributed by atoms with Crippen LogP contribution in [0.1, 0.15) is 39.2 Å². The molecule has 0 spiro atoms. The van der Waals surface area contributed by atoms with Gasteiger partial charge in [-0.1, -0.05) is 0 Å². The maximum absolute atomic E-state index is 12.2. The zero-order chi connectivity index (χ0) is 16.3. The lowest BCUT2D eigenvalue weighted by molar-refractivity contribution is 0.0199. The quantitative estimate of drug-likeness (QED) is 0.840. The highest BCUT2D eigenvalue weighted by Gasteiger charge is 2.30. The summed E-state index contributed by atoms with van der Waals surface area (Å²) >= 11 is 0. The van der Waals surface area contributed by atoms with Crippen LogP contribution in [0.15, 0.2) is 12.4 Å². The van der Waals surface area contributed by atoms with Crippen LogP contribution in [-0.4, -0.2) is 52.7 Å². The van der Waals surface area contributed by atoms with E-state index in [0.717, 1.165) is 24.9 Å². The molecular formula is C16H26N4O2. The lowest BCUT2D eigenvalue weighted by atomic mass is 10.1. The Morgan fingerprint density at radius 2 is 2.00 bits per heavy atom. The predicted octanol–water partition coefficient (Wildman–Crippen LogP) is 2.62. The molecule has 1 saturated heterocycles. The van der Waals surface area contributed by atoms with E-state index in [2.05, 4.69) is 14.9 Å². The van der Waals surface area contributed by atoms with Crippen LogP contribution in [-0.2, 0) is 4.74 Å². The molecular weight excluding hydrogens is 280 g/mol. The first-order chi connectivity index (χ1) is 10.3. The van der Waals surface area contributed by atoms with Gasteiger partial charge in [0.05, 0.1) is 0 Å². The summed E-state index contributed by atoms with van der Waals surface area (Å²) in [5.74, 6) is 0.696.